The van der Waals surface area contributed by atoms with E-state index in [1.54, 1.807) is 6.92 Å². The van der Waals surface area contributed by atoms with E-state index in [0.29, 0.717) is 13.0 Å². The van der Waals surface area contributed by atoms with Gasteiger partial charge in [0, 0.05) is 13.0 Å². The van der Waals surface area contributed by atoms with Crippen LogP contribution in [0.4, 0.5) is 13.2 Å². The lowest BCUT2D eigenvalue weighted by atomic mass is 9.90. The molecule has 0 heterocycles. The van der Waals surface area contributed by atoms with Gasteiger partial charge in [-0.15, -0.1) is 0 Å². The highest BCUT2D eigenvalue weighted by atomic mass is 19.4. The van der Waals surface area contributed by atoms with E-state index in [2.05, 4.69) is 5.43 Å². The van der Waals surface area contributed by atoms with Gasteiger partial charge in [0.05, 0.1) is 11.6 Å². The molecule has 0 saturated heterocycles. The fourth-order valence-corrected chi connectivity index (χ4v) is 1.65. The highest BCUT2D eigenvalue weighted by Crippen LogP contribution is 2.28. The van der Waals surface area contributed by atoms with Crippen LogP contribution in [-0.4, -0.2) is 24.4 Å². The molecule has 0 aliphatic rings. The van der Waals surface area contributed by atoms with E-state index in [1.165, 1.54) is 0 Å². The van der Waals surface area contributed by atoms with Crippen LogP contribution in [0, 0.1) is 0 Å². The quantitative estimate of drug-likeness (QED) is 0.532. The second-order valence-electron chi connectivity index (χ2n) is 3.97. The molecule has 0 spiro atoms. The molecule has 3 N–H and O–H groups in total. The summed E-state index contributed by atoms with van der Waals surface area (Å²) in [6, 6.07) is -0.501. The zero-order chi connectivity index (χ0) is 12.8. The molecule has 0 aromatic heterocycles. The molecule has 0 aromatic rings. The van der Waals surface area contributed by atoms with E-state index in [0.717, 1.165) is 0 Å². The fourth-order valence-electron chi connectivity index (χ4n) is 1.65. The number of nitrogens with two attached hydrogens (primary N) is 1. The molecule has 6 heteroatoms. The minimum atomic E-state index is -4.16. The molecule has 98 valence electrons. The first-order valence-corrected chi connectivity index (χ1v) is 5.46. The molecule has 2 unspecified atom stereocenters. The average molecular weight is 242 g/mol. The zero-order valence-corrected chi connectivity index (χ0v) is 10.0. The van der Waals surface area contributed by atoms with E-state index in [4.69, 9.17) is 10.6 Å². The summed E-state index contributed by atoms with van der Waals surface area (Å²) in [4.78, 5) is 0. The topological polar surface area (TPSA) is 47.3 Å². The maximum absolute atomic E-state index is 12.1. The van der Waals surface area contributed by atoms with Crippen LogP contribution >= 0.6 is 0 Å². The van der Waals surface area contributed by atoms with Gasteiger partial charge in [-0.1, -0.05) is 6.92 Å². The van der Waals surface area contributed by atoms with E-state index >= 15 is 0 Å². The molecule has 0 rings (SSSR count). The molecule has 3 nitrogen and oxygen atoms in total. The Bertz CT molecular complexity index is 199. The second-order valence-corrected chi connectivity index (χ2v) is 3.97. The van der Waals surface area contributed by atoms with Gasteiger partial charge in [-0.3, -0.25) is 11.3 Å². The van der Waals surface area contributed by atoms with Crippen molar-refractivity contribution in [3.8, 4) is 0 Å². The van der Waals surface area contributed by atoms with Gasteiger partial charge in [0.25, 0.3) is 0 Å². The number of nitrogens with one attached hydrogen (secondary N) is 1. The van der Waals surface area contributed by atoms with Crippen molar-refractivity contribution in [2.45, 2.75) is 57.9 Å². The van der Waals surface area contributed by atoms with Gasteiger partial charge in [-0.2, -0.15) is 13.2 Å². The largest absolute Gasteiger partial charge is 0.389 e. The number of alkyl halides is 3. The standard InChI is InChI=1S/C10H21F3N2O/c1-4-9(3,16-5-2)8(15-14)6-7-10(11,12)13/h8,15H,4-7,14H2,1-3H3. The Morgan fingerprint density at radius 1 is 1.31 bits per heavy atom. The monoisotopic (exact) mass is 242 g/mol. The van der Waals surface area contributed by atoms with Crippen LogP contribution < -0.4 is 11.3 Å². The summed E-state index contributed by atoms with van der Waals surface area (Å²) in [5, 5.41) is 0. The lowest BCUT2D eigenvalue weighted by Gasteiger charge is -2.36. The van der Waals surface area contributed by atoms with Gasteiger partial charge >= 0.3 is 6.18 Å². The first-order valence-electron chi connectivity index (χ1n) is 5.46. The van der Waals surface area contributed by atoms with Crippen molar-refractivity contribution in [1.82, 2.24) is 5.43 Å². The molecule has 0 radical (unpaired) electrons. The zero-order valence-electron chi connectivity index (χ0n) is 10.0. The average Bonchev–Trinajstić information content (AvgIpc) is 2.17. The highest BCUT2D eigenvalue weighted by molar-refractivity contribution is 4.87. The van der Waals surface area contributed by atoms with Crippen LogP contribution in [-0.2, 0) is 4.74 Å². The predicted octanol–water partition coefficient (Wildman–Crippen LogP) is 2.37. The minimum Gasteiger partial charge on any atom is -0.374 e. The van der Waals surface area contributed by atoms with Crippen molar-refractivity contribution >= 4 is 0 Å². The normalized spacial score (nSPS) is 18.2. The Hall–Kier alpha value is -0.330. The molecular weight excluding hydrogens is 221 g/mol. The van der Waals surface area contributed by atoms with Crippen LogP contribution in [0.5, 0.6) is 0 Å². The number of rotatable bonds is 7. The van der Waals surface area contributed by atoms with E-state index < -0.39 is 24.2 Å². The molecule has 0 saturated carbocycles. The van der Waals surface area contributed by atoms with Gasteiger partial charge in [0.1, 0.15) is 0 Å². The van der Waals surface area contributed by atoms with Crippen LogP contribution in [0.1, 0.15) is 40.0 Å². The second kappa shape index (κ2) is 6.42. The summed E-state index contributed by atoms with van der Waals surface area (Å²) in [5.74, 6) is 5.30. The SMILES string of the molecule is CCOC(C)(CC)C(CCC(F)(F)F)NN. The number of hydrogen-bond acceptors (Lipinski definition) is 3. The summed E-state index contributed by atoms with van der Waals surface area (Å²) < 4.78 is 41.8. The smallest absolute Gasteiger partial charge is 0.374 e. The number of ether oxygens (including phenoxy) is 1. The third-order valence-corrected chi connectivity index (χ3v) is 2.83. The minimum absolute atomic E-state index is 0.0790. The lowest BCUT2D eigenvalue weighted by molar-refractivity contribution is -0.142. The van der Waals surface area contributed by atoms with Crippen molar-refractivity contribution in [2.24, 2.45) is 5.84 Å². The Balaban J connectivity index is 4.44. The van der Waals surface area contributed by atoms with Crippen LogP contribution in [0.3, 0.4) is 0 Å². The van der Waals surface area contributed by atoms with E-state index in [9.17, 15) is 13.2 Å². The molecule has 0 aliphatic carbocycles. The summed E-state index contributed by atoms with van der Waals surface area (Å²) >= 11 is 0. The Morgan fingerprint density at radius 3 is 2.19 bits per heavy atom. The molecular formula is C10H21F3N2O. The maximum atomic E-state index is 12.1. The van der Waals surface area contributed by atoms with Crippen molar-refractivity contribution in [3.05, 3.63) is 0 Å². The fraction of sp³-hybridized carbons (Fsp3) is 1.00. The Morgan fingerprint density at radius 2 is 1.88 bits per heavy atom. The maximum Gasteiger partial charge on any atom is 0.389 e. The van der Waals surface area contributed by atoms with Crippen molar-refractivity contribution < 1.29 is 17.9 Å². The van der Waals surface area contributed by atoms with Gasteiger partial charge in [0.2, 0.25) is 0 Å². The summed E-state index contributed by atoms with van der Waals surface area (Å²) in [5.41, 5.74) is 1.77. The first-order chi connectivity index (χ1) is 7.29. The molecule has 0 amide bonds. The van der Waals surface area contributed by atoms with Gasteiger partial charge in [0.15, 0.2) is 0 Å². The molecule has 2 atom stereocenters. The summed E-state index contributed by atoms with van der Waals surface area (Å²) in [7, 11) is 0. The third-order valence-electron chi connectivity index (χ3n) is 2.83. The molecule has 0 bridgehead atoms. The summed E-state index contributed by atoms with van der Waals surface area (Å²) in [6.45, 7) is 5.91. The number of halogens is 3. The summed E-state index contributed by atoms with van der Waals surface area (Å²) in [6.07, 6.45) is -4.49. The number of hydrazine groups is 1. The molecule has 0 aliphatic heterocycles. The highest BCUT2D eigenvalue weighted by Gasteiger charge is 2.36. The first kappa shape index (κ1) is 15.7. The Kier molecular flexibility index (Phi) is 6.28. The van der Waals surface area contributed by atoms with Crippen LogP contribution in [0.2, 0.25) is 0 Å². The predicted molar refractivity (Wildman–Crippen MR) is 56.7 cm³/mol. The van der Waals surface area contributed by atoms with Gasteiger partial charge < -0.3 is 4.74 Å². The van der Waals surface area contributed by atoms with Gasteiger partial charge in [-0.05, 0) is 26.7 Å². The molecule has 0 fully saturated rings. The lowest BCUT2D eigenvalue weighted by Crippen LogP contribution is -2.53. The number of hydrogen-bond donors (Lipinski definition) is 2. The Labute approximate surface area is 94.5 Å². The van der Waals surface area contributed by atoms with E-state index in [1.807, 2.05) is 13.8 Å². The van der Waals surface area contributed by atoms with Crippen molar-refractivity contribution in [2.75, 3.05) is 6.61 Å². The van der Waals surface area contributed by atoms with Crippen molar-refractivity contribution in [1.29, 1.82) is 0 Å². The van der Waals surface area contributed by atoms with Gasteiger partial charge in [-0.25, -0.2) is 0 Å². The van der Waals surface area contributed by atoms with Crippen LogP contribution in [0.25, 0.3) is 0 Å². The van der Waals surface area contributed by atoms with Crippen molar-refractivity contribution in [3.63, 3.8) is 0 Å². The van der Waals surface area contributed by atoms with E-state index in [-0.39, 0.29) is 6.42 Å². The van der Waals surface area contributed by atoms with Crippen LogP contribution in [0.15, 0.2) is 0 Å². The molecule has 16 heavy (non-hydrogen) atoms. The third kappa shape index (κ3) is 5.14. The molecule has 0 aromatic carbocycles.